The number of likely N-dealkylation sites (N-methyl/N-ethyl adjacent to an activating group) is 1. The van der Waals surface area contributed by atoms with Crippen LogP contribution in [0.1, 0.15) is 27.7 Å². The molecule has 0 spiro atoms. The summed E-state index contributed by atoms with van der Waals surface area (Å²) < 4.78 is 16.8. The average molecular weight is 434 g/mol. The summed E-state index contributed by atoms with van der Waals surface area (Å²) in [5.74, 6) is 1.05. The summed E-state index contributed by atoms with van der Waals surface area (Å²) in [6.45, 7) is 5.16. The first-order chi connectivity index (χ1) is 15.4. The van der Waals surface area contributed by atoms with Gasteiger partial charge in [0, 0.05) is 19.2 Å². The Hall–Kier alpha value is -3.58. The number of fused-ring (bicyclic) bond motifs is 2. The van der Waals surface area contributed by atoms with Gasteiger partial charge in [-0.3, -0.25) is 9.59 Å². The lowest BCUT2D eigenvalue weighted by molar-refractivity contribution is 0.0716. The van der Waals surface area contributed by atoms with Crippen molar-refractivity contribution >= 4 is 16.9 Å². The smallest absolute Gasteiger partial charge is 0.290 e. The van der Waals surface area contributed by atoms with Crippen LogP contribution in [0.15, 0.2) is 64.3 Å². The van der Waals surface area contributed by atoms with Crippen LogP contribution in [0.25, 0.3) is 11.0 Å². The number of hydrogen-bond donors (Lipinski definition) is 0. The molecule has 1 amide bonds. The zero-order chi connectivity index (χ0) is 22.8. The van der Waals surface area contributed by atoms with Gasteiger partial charge in [-0.1, -0.05) is 24.8 Å². The number of methoxy groups -OCH3 is 1. The molecular weight excluding hydrogens is 408 g/mol. The quantitative estimate of drug-likeness (QED) is 0.506. The van der Waals surface area contributed by atoms with Crippen molar-refractivity contribution < 1.29 is 18.7 Å². The Morgan fingerprint density at radius 3 is 2.50 bits per heavy atom. The van der Waals surface area contributed by atoms with Gasteiger partial charge in [0.25, 0.3) is 5.91 Å². The molecule has 2 heterocycles. The molecule has 0 aliphatic carbocycles. The Balaban J connectivity index is 1.84. The van der Waals surface area contributed by atoms with Gasteiger partial charge in [0.15, 0.2) is 5.43 Å². The van der Waals surface area contributed by atoms with E-state index in [2.05, 4.69) is 6.58 Å². The van der Waals surface area contributed by atoms with Gasteiger partial charge in [0.05, 0.1) is 24.1 Å². The van der Waals surface area contributed by atoms with Crippen LogP contribution < -0.4 is 14.9 Å². The summed E-state index contributed by atoms with van der Waals surface area (Å²) in [4.78, 5) is 30.6. The number of benzene rings is 2. The van der Waals surface area contributed by atoms with E-state index in [-0.39, 0.29) is 17.1 Å². The predicted molar refractivity (Wildman–Crippen MR) is 123 cm³/mol. The highest BCUT2D eigenvalue weighted by Crippen LogP contribution is 2.38. The van der Waals surface area contributed by atoms with Gasteiger partial charge in [-0.05, 0) is 43.9 Å². The Labute approximate surface area is 186 Å². The van der Waals surface area contributed by atoms with E-state index in [1.165, 1.54) is 0 Å². The standard InChI is InChI=1S/C25H26N2O5/c1-5-14-31-17-8-6-16(7-9-17)22-21-23(28)19-11-10-18(30-4)15-20(19)32-24(21)25(29)27(22)13-12-26(2)3/h5-11,15,22H,1,12-14H2,2-4H3. The van der Waals surface area contributed by atoms with Crippen molar-refractivity contribution in [2.24, 2.45) is 0 Å². The second kappa shape index (κ2) is 8.88. The minimum Gasteiger partial charge on any atom is -0.497 e. The molecule has 166 valence electrons. The van der Waals surface area contributed by atoms with E-state index in [0.29, 0.717) is 47.7 Å². The van der Waals surface area contributed by atoms with Gasteiger partial charge in [-0.2, -0.15) is 0 Å². The molecule has 0 bridgehead atoms. The summed E-state index contributed by atoms with van der Waals surface area (Å²) in [5, 5.41) is 0.419. The van der Waals surface area contributed by atoms with Gasteiger partial charge in [0.2, 0.25) is 5.76 Å². The number of hydrogen-bond acceptors (Lipinski definition) is 6. The maximum absolute atomic E-state index is 13.5. The van der Waals surface area contributed by atoms with Crippen LogP contribution in [0.2, 0.25) is 0 Å². The third-order valence-corrected chi connectivity index (χ3v) is 5.53. The molecule has 0 saturated carbocycles. The lowest BCUT2D eigenvalue weighted by Gasteiger charge is -2.26. The topological polar surface area (TPSA) is 72.2 Å². The van der Waals surface area contributed by atoms with Crippen molar-refractivity contribution in [2.75, 3.05) is 40.9 Å². The number of ether oxygens (including phenoxy) is 2. The van der Waals surface area contributed by atoms with Gasteiger partial charge in [-0.15, -0.1) is 0 Å². The van der Waals surface area contributed by atoms with Crippen molar-refractivity contribution in [1.29, 1.82) is 0 Å². The fourth-order valence-electron chi connectivity index (χ4n) is 3.91. The summed E-state index contributed by atoms with van der Waals surface area (Å²) in [6.07, 6.45) is 1.67. The van der Waals surface area contributed by atoms with E-state index in [9.17, 15) is 9.59 Å². The minimum atomic E-state index is -0.534. The largest absolute Gasteiger partial charge is 0.497 e. The van der Waals surface area contributed by atoms with E-state index in [0.717, 1.165) is 5.56 Å². The highest BCUT2D eigenvalue weighted by atomic mass is 16.5. The second-order valence-corrected chi connectivity index (χ2v) is 7.91. The Morgan fingerprint density at radius 1 is 1.12 bits per heavy atom. The van der Waals surface area contributed by atoms with E-state index < -0.39 is 6.04 Å². The first kappa shape index (κ1) is 21.6. The van der Waals surface area contributed by atoms with Crippen molar-refractivity contribution in [3.63, 3.8) is 0 Å². The molecule has 3 aromatic rings. The Kier molecular flexibility index (Phi) is 6.01. The molecule has 1 atom stereocenters. The number of carbonyl (C=O) groups is 1. The fourth-order valence-corrected chi connectivity index (χ4v) is 3.91. The SMILES string of the molecule is C=CCOc1ccc(C2c3c(oc4cc(OC)ccc4c3=O)C(=O)N2CCN(C)C)cc1. The first-order valence-corrected chi connectivity index (χ1v) is 10.4. The van der Waals surface area contributed by atoms with E-state index in [1.54, 1.807) is 36.3 Å². The van der Waals surface area contributed by atoms with Gasteiger partial charge < -0.3 is 23.7 Å². The molecule has 0 fully saturated rings. The van der Waals surface area contributed by atoms with Crippen LogP contribution in [0.4, 0.5) is 0 Å². The number of amides is 1. The summed E-state index contributed by atoms with van der Waals surface area (Å²) in [5.41, 5.74) is 1.32. The predicted octanol–water partition coefficient (Wildman–Crippen LogP) is 3.47. The monoisotopic (exact) mass is 434 g/mol. The van der Waals surface area contributed by atoms with Crippen molar-refractivity contribution in [3.05, 3.63) is 82.2 Å². The molecular formula is C25H26N2O5. The van der Waals surface area contributed by atoms with E-state index in [4.69, 9.17) is 13.9 Å². The minimum absolute atomic E-state index is 0.0893. The maximum atomic E-state index is 13.5. The van der Waals surface area contributed by atoms with Crippen molar-refractivity contribution in [1.82, 2.24) is 9.80 Å². The Bertz CT molecular complexity index is 1210. The third-order valence-electron chi connectivity index (χ3n) is 5.53. The molecule has 32 heavy (non-hydrogen) atoms. The van der Waals surface area contributed by atoms with Crippen molar-refractivity contribution in [2.45, 2.75) is 6.04 Å². The Morgan fingerprint density at radius 2 is 1.84 bits per heavy atom. The summed E-state index contributed by atoms with van der Waals surface area (Å²) in [7, 11) is 5.43. The molecule has 1 unspecified atom stereocenters. The van der Waals surface area contributed by atoms with Gasteiger partial charge >= 0.3 is 0 Å². The van der Waals surface area contributed by atoms with Crippen LogP contribution in [0.5, 0.6) is 11.5 Å². The number of nitrogens with zero attached hydrogens (tertiary/aromatic N) is 2. The summed E-state index contributed by atoms with van der Waals surface area (Å²) >= 11 is 0. The lowest BCUT2D eigenvalue weighted by Crippen LogP contribution is -2.35. The molecule has 0 radical (unpaired) electrons. The maximum Gasteiger partial charge on any atom is 0.290 e. The van der Waals surface area contributed by atoms with Crippen LogP contribution in [0, 0.1) is 0 Å². The van der Waals surface area contributed by atoms with Gasteiger partial charge in [0.1, 0.15) is 23.7 Å². The van der Waals surface area contributed by atoms with Crippen LogP contribution >= 0.6 is 0 Å². The van der Waals surface area contributed by atoms with Gasteiger partial charge in [-0.25, -0.2) is 0 Å². The molecule has 7 nitrogen and oxygen atoms in total. The highest BCUT2D eigenvalue weighted by molar-refractivity contribution is 5.99. The van der Waals surface area contributed by atoms with Crippen LogP contribution in [-0.4, -0.2) is 56.6 Å². The summed E-state index contributed by atoms with van der Waals surface area (Å²) in [6, 6.07) is 11.9. The second-order valence-electron chi connectivity index (χ2n) is 7.91. The number of rotatable bonds is 8. The van der Waals surface area contributed by atoms with E-state index in [1.807, 2.05) is 43.3 Å². The highest BCUT2D eigenvalue weighted by Gasteiger charge is 2.42. The molecule has 1 aliphatic heterocycles. The molecule has 1 aromatic heterocycles. The molecule has 4 rings (SSSR count). The van der Waals surface area contributed by atoms with E-state index >= 15 is 0 Å². The van der Waals surface area contributed by atoms with Crippen LogP contribution in [-0.2, 0) is 0 Å². The van der Waals surface area contributed by atoms with Crippen molar-refractivity contribution in [3.8, 4) is 11.5 Å². The molecule has 0 saturated heterocycles. The van der Waals surface area contributed by atoms with Crippen LogP contribution in [0.3, 0.4) is 0 Å². The molecule has 2 aromatic carbocycles. The number of carbonyl (C=O) groups excluding carboxylic acids is 1. The third kappa shape index (κ3) is 3.87. The fraction of sp³-hybridized carbons (Fsp3) is 0.280. The average Bonchev–Trinajstić information content (AvgIpc) is 3.08. The zero-order valence-corrected chi connectivity index (χ0v) is 18.5. The zero-order valence-electron chi connectivity index (χ0n) is 18.5. The first-order valence-electron chi connectivity index (χ1n) is 10.4. The normalized spacial score (nSPS) is 15.3. The molecule has 1 aliphatic rings. The lowest BCUT2D eigenvalue weighted by atomic mass is 9.98. The molecule has 7 heteroatoms. The molecule has 0 N–H and O–H groups in total.